The molecule has 13 heavy (non-hydrogen) atoms. The summed E-state index contributed by atoms with van der Waals surface area (Å²) >= 11 is 0. The quantitative estimate of drug-likeness (QED) is 0.369. The maximum Gasteiger partial charge on any atom is 0.395 e. The van der Waals surface area contributed by atoms with Crippen molar-refractivity contribution in [3.63, 3.8) is 0 Å². The Labute approximate surface area is 74.5 Å². The fourth-order valence-electron chi connectivity index (χ4n) is 0.952. The third-order valence-corrected chi connectivity index (χ3v) is 5.28. The Kier molecular flexibility index (Phi) is 3.00. The molecule has 1 rings (SSSR count). The van der Waals surface area contributed by atoms with Gasteiger partial charge in [0.1, 0.15) is 0 Å². The molecule has 0 unspecified atom stereocenters. The third-order valence-electron chi connectivity index (χ3n) is 1.76. The Bertz CT molecular complexity index is 254. The van der Waals surface area contributed by atoms with Gasteiger partial charge >= 0.3 is 15.2 Å². The molecule has 0 saturated heterocycles. The Balaban J connectivity index is 2.75. The largest absolute Gasteiger partial charge is 0.395 e. The molecule has 0 atom stereocenters. The monoisotopic (exact) mass is 232 g/mol. The summed E-state index contributed by atoms with van der Waals surface area (Å²) in [6.07, 6.45) is 1.49. The van der Waals surface area contributed by atoms with E-state index < -0.39 is 20.7 Å². The molecule has 9 heteroatoms. The van der Waals surface area contributed by atoms with Crippen LogP contribution in [0.3, 0.4) is 0 Å². The van der Waals surface area contributed by atoms with Gasteiger partial charge < -0.3 is 24.9 Å². The normalized spacial score (nSPS) is 19.5. The van der Waals surface area contributed by atoms with Gasteiger partial charge in [-0.1, -0.05) is 0 Å². The van der Waals surface area contributed by atoms with Crippen LogP contribution in [-0.2, 0) is 9.13 Å². The molecule has 0 aromatic rings. The predicted molar refractivity (Wildman–Crippen MR) is 42.8 cm³/mol. The molecule has 1 aliphatic carbocycles. The zero-order valence-corrected chi connectivity index (χ0v) is 8.43. The van der Waals surface area contributed by atoms with E-state index in [0.717, 1.165) is 18.2 Å². The summed E-state index contributed by atoms with van der Waals surface area (Å²) in [5.74, 6) is 0. The van der Waals surface area contributed by atoms with E-state index in [2.05, 4.69) is 0 Å². The van der Waals surface area contributed by atoms with Crippen LogP contribution in [0.1, 0.15) is 12.8 Å². The summed E-state index contributed by atoms with van der Waals surface area (Å²) in [5.41, 5.74) is -1.92. The number of nitrogens with two attached hydrogens (primary N) is 1. The molecule has 0 aromatic heterocycles. The Morgan fingerprint density at radius 1 is 1.08 bits per heavy atom. The summed E-state index contributed by atoms with van der Waals surface area (Å²) in [4.78, 5) is 34.7. The first-order chi connectivity index (χ1) is 5.71. The van der Waals surface area contributed by atoms with Gasteiger partial charge in [-0.25, -0.2) is 0 Å². The van der Waals surface area contributed by atoms with E-state index in [4.69, 9.17) is 19.6 Å². The molecule has 78 valence electrons. The first-order valence-electron chi connectivity index (χ1n) is 3.66. The lowest BCUT2D eigenvalue weighted by atomic mass is 10.7. The molecular formula is C4H12NO6P2+. The lowest BCUT2D eigenvalue weighted by Gasteiger charge is -2.17. The predicted octanol–water partition coefficient (Wildman–Crippen LogP) is -1.65. The maximum atomic E-state index is 10.7. The molecule has 7 nitrogen and oxygen atoms in total. The van der Waals surface area contributed by atoms with Gasteiger partial charge in [-0.2, -0.15) is 0 Å². The second kappa shape index (κ2) is 3.44. The van der Waals surface area contributed by atoms with E-state index in [-0.39, 0.29) is 6.04 Å². The van der Waals surface area contributed by atoms with Gasteiger partial charge in [-0.05, 0) is 0 Å². The van der Waals surface area contributed by atoms with Crippen molar-refractivity contribution in [2.45, 2.75) is 24.4 Å². The standard InChI is InChI=1S/C4H11NO6P2/c6-12(7,8)4(13(9,10)11)5-3-1-2-3/h3-5H,1-2H2,(H2,6,7,8)(H2,9,10,11)/p+1. The average Bonchev–Trinajstić information content (AvgIpc) is 2.58. The van der Waals surface area contributed by atoms with Crippen LogP contribution in [-0.4, -0.2) is 31.1 Å². The van der Waals surface area contributed by atoms with Crippen LogP contribution in [0.2, 0.25) is 0 Å². The van der Waals surface area contributed by atoms with Crippen LogP contribution >= 0.6 is 15.2 Å². The summed E-state index contributed by atoms with van der Waals surface area (Å²) in [7, 11) is -9.46. The molecule has 1 fully saturated rings. The molecule has 0 radical (unpaired) electrons. The van der Waals surface area contributed by atoms with E-state index in [1.165, 1.54) is 0 Å². The van der Waals surface area contributed by atoms with Crippen molar-refractivity contribution < 1.29 is 34.0 Å². The average molecular weight is 232 g/mol. The molecular weight excluding hydrogens is 220 g/mol. The van der Waals surface area contributed by atoms with E-state index in [0.29, 0.717) is 0 Å². The highest BCUT2D eigenvalue weighted by atomic mass is 31.2. The van der Waals surface area contributed by atoms with Crippen molar-refractivity contribution in [3.05, 3.63) is 0 Å². The van der Waals surface area contributed by atoms with Crippen molar-refractivity contribution >= 4 is 15.2 Å². The van der Waals surface area contributed by atoms with Gasteiger partial charge in [-0.15, -0.1) is 0 Å². The molecule has 0 bridgehead atoms. The highest BCUT2D eigenvalue weighted by molar-refractivity contribution is 7.70. The minimum absolute atomic E-state index is 0.0507. The molecule has 1 saturated carbocycles. The van der Waals surface area contributed by atoms with E-state index >= 15 is 0 Å². The smallest absolute Gasteiger partial charge is 0.321 e. The zero-order chi connectivity index (χ0) is 10.3. The first kappa shape index (κ1) is 11.3. The van der Waals surface area contributed by atoms with E-state index in [9.17, 15) is 9.13 Å². The Morgan fingerprint density at radius 2 is 1.46 bits per heavy atom. The van der Waals surface area contributed by atoms with Crippen LogP contribution in [0.5, 0.6) is 0 Å². The third kappa shape index (κ3) is 3.48. The molecule has 0 spiro atoms. The van der Waals surface area contributed by atoms with Crippen LogP contribution in [0.25, 0.3) is 0 Å². The fraction of sp³-hybridized carbons (Fsp3) is 1.00. The summed E-state index contributed by atoms with van der Waals surface area (Å²) in [6, 6.07) is -0.0507. The fourth-order valence-corrected chi connectivity index (χ4v) is 3.46. The highest BCUT2D eigenvalue weighted by Gasteiger charge is 2.50. The number of hydrogen-bond acceptors (Lipinski definition) is 2. The molecule has 1 aliphatic rings. The molecule has 0 amide bonds. The van der Waals surface area contributed by atoms with Gasteiger partial charge in [0.05, 0.1) is 6.04 Å². The number of quaternary nitrogens is 1. The van der Waals surface area contributed by atoms with E-state index in [1.54, 1.807) is 0 Å². The molecule has 0 heterocycles. The van der Waals surface area contributed by atoms with Crippen molar-refractivity contribution in [1.82, 2.24) is 0 Å². The summed E-state index contributed by atoms with van der Waals surface area (Å²) in [5, 5.41) is 1.08. The number of rotatable bonds is 4. The lowest BCUT2D eigenvalue weighted by Crippen LogP contribution is -2.90. The van der Waals surface area contributed by atoms with Crippen molar-refractivity contribution in [3.8, 4) is 0 Å². The zero-order valence-electron chi connectivity index (χ0n) is 6.65. The SMILES string of the molecule is O=P(O)(O)C([NH2+]C1CC1)P(=O)(O)O. The maximum absolute atomic E-state index is 10.7. The highest BCUT2D eigenvalue weighted by Crippen LogP contribution is 2.56. The van der Waals surface area contributed by atoms with E-state index in [1.807, 2.05) is 0 Å². The minimum atomic E-state index is -4.73. The topological polar surface area (TPSA) is 132 Å². The van der Waals surface area contributed by atoms with Gasteiger partial charge in [0.25, 0.3) is 5.52 Å². The first-order valence-corrected chi connectivity index (χ1v) is 7.03. The van der Waals surface area contributed by atoms with Gasteiger partial charge in [0.2, 0.25) is 0 Å². The van der Waals surface area contributed by atoms with Crippen LogP contribution in [0.15, 0.2) is 0 Å². The van der Waals surface area contributed by atoms with Gasteiger partial charge in [-0.3, -0.25) is 9.13 Å². The Morgan fingerprint density at radius 3 is 1.69 bits per heavy atom. The second-order valence-electron chi connectivity index (χ2n) is 3.12. The van der Waals surface area contributed by atoms with Crippen LogP contribution in [0.4, 0.5) is 0 Å². The molecule has 6 N–H and O–H groups in total. The Hall–Kier alpha value is 0.260. The van der Waals surface area contributed by atoms with Crippen molar-refractivity contribution in [1.29, 1.82) is 0 Å². The molecule has 0 aromatic carbocycles. The number of hydrogen-bond donors (Lipinski definition) is 5. The lowest BCUT2D eigenvalue weighted by molar-refractivity contribution is -0.669. The van der Waals surface area contributed by atoms with Crippen molar-refractivity contribution in [2.24, 2.45) is 0 Å². The van der Waals surface area contributed by atoms with Gasteiger partial charge in [0.15, 0.2) is 0 Å². The molecule has 0 aliphatic heterocycles. The van der Waals surface area contributed by atoms with Crippen molar-refractivity contribution in [2.75, 3.05) is 0 Å². The van der Waals surface area contributed by atoms with Crippen LogP contribution < -0.4 is 5.32 Å². The summed E-state index contributed by atoms with van der Waals surface area (Å²) in [6.45, 7) is 0. The van der Waals surface area contributed by atoms with Gasteiger partial charge in [0, 0.05) is 12.8 Å². The minimum Gasteiger partial charge on any atom is -0.321 e. The second-order valence-corrected chi connectivity index (χ2v) is 7.00. The van der Waals surface area contributed by atoms with Crippen LogP contribution in [0, 0.1) is 0 Å². The summed E-state index contributed by atoms with van der Waals surface area (Å²) < 4.78 is 21.4.